The topological polar surface area (TPSA) is 102 Å². The van der Waals surface area contributed by atoms with Crippen LogP contribution in [0.1, 0.15) is 17.3 Å². The molecule has 1 amide bonds. The van der Waals surface area contributed by atoms with Crippen LogP contribution in [0.3, 0.4) is 0 Å². The summed E-state index contributed by atoms with van der Waals surface area (Å²) in [5, 5.41) is 16.5. The normalized spacial score (nSPS) is 11.7. The Bertz CT molecular complexity index is 900. The Morgan fingerprint density at radius 1 is 1.15 bits per heavy atom. The lowest BCUT2D eigenvalue weighted by Crippen LogP contribution is -2.24. The van der Waals surface area contributed by atoms with E-state index in [1.54, 1.807) is 30.3 Å². The highest BCUT2D eigenvalue weighted by atomic mass is 19.1. The van der Waals surface area contributed by atoms with Crippen molar-refractivity contribution in [3.63, 3.8) is 0 Å². The number of aromatic amines is 1. The Labute approximate surface area is 154 Å². The molecular weight excluding hydrogens is 353 g/mol. The number of hydrogen-bond donors (Lipinski definition) is 2. The fourth-order valence-electron chi connectivity index (χ4n) is 2.62. The van der Waals surface area contributed by atoms with Crippen LogP contribution in [-0.4, -0.2) is 40.8 Å². The number of amides is 1. The van der Waals surface area contributed by atoms with Gasteiger partial charge in [0.1, 0.15) is 11.7 Å². The molecule has 0 aliphatic heterocycles. The SMILES string of the molecule is COc1ccc(NC(=O)C(Cc2ccc(F)cc2)c2nn[nH]n2)cc1OC. The van der Waals surface area contributed by atoms with E-state index in [2.05, 4.69) is 25.9 Å². The molecular formula is C18H18FN5O3. The van der Waals surface area contributed by atoms with Gasteiger partial charge < -0.3 is 14.8 Å². The van der Waals surface area contributed by atoms with Crippen molar-refractivity contribution in [3.8, 4) is 11.5 Å². The van der Waals surface area contributed by atoms with Crippen LogP contribution in [0.25, 0.3) is 0 Å². The van der Waals surface area contributed by atoms with Crippen LogP contribution in [0, 0.1) is 5.82 Å². The van der Waals surface area contributed by atoms with Crippen molar-refractivity contribution >= 4 is 11.6 Å². The van der Waals surface area contributed by atoms with Crippen molar-refractivity contribution in [1.29, 1.82) is 0 Å². The zero-order valence-electron chi connectivity index (χ0n) is 14.8. The first kappa shape index (κ1) is 18.3. The number of nitrogens with one attached hydrogen (secondary N) is 2. The summed E-state index contributed by atoms with van der Waals surface area (Å²) in [6, 6.07) is 11.0. The number of carbonyl (C=O) groups is 1. The van der Waals surface area contributed by atoms with E-state index < -0.39 is 5.92 Å². The van der Waals surface area contributed by atoms with Crippen molar-refractivity contribution in [2.24, 2.45) is 0 Å². The summed E-state index contributed by atoms with van der Waals surface area (Å²) in [5.74, 6) is -0.0846. The van der Waals surface area contributed by atoms with E-state index in [9.17, 15) is 9.18 Å². The lowest BCUT2D eigenvalue weighted by atomic mass is 9.97. The Balaban J connectivity index is 1.82. The fourth-order valence-corrected chi connectivity index (χ4v) is 2.62. The summed E-state index contributed by atoms with van der Waals surface area (Å²) >= 11 is 0. The number of methoxy groups -OCH3 is 2. The van der Waals surface area contributed by atoms with Gasteiger partial charge in [-0.2, -0.15) is 5.21 Å². The molecule has 27 heavy (non-hydrogen) atoms. The van der Waals surface area contributed by atoms with E-state index in [-0.39, 0.29) is 17.5 Å². The molecule has 8 nitrogen and oxygen atoms in total. The van der Waals surface area contributed by atoms with Crippen molar-refractivity contribution < 1.29 is 18.7 Å². The standard InChI is InChI=1S/C18H18FN5O3/c1-26-15-8-7-13(10-16(15)27-2)20-18(25)14(17-21-23-24-22-17)9-11-3-5-12(19)6-4-11/h3-8,10,14H,9H2,1-2H3,(H,20,25)(H,21,22,23,24). The summed E-state index contributed by atoms with van der Waals surface area (Å²) in [7, 11) is 3.05. The molecule has 0 spiro atoms. The quantitative estimate of drug-likeness (QED) is 0.661. The van der Waals surface area contributed by atoms with Gasteiger partial charge in [-0.1, -0.05) is 17.3 Å². The number of tetrazole rings is 1. The second kappa shape index (κ2) is 8.26. The maximum absolute atomic E-state index is 13.1. The molecule has 2 aromatic carbocycles. The van der Waals surface area contributed by atoms with Crippen molar-refractivity contribution in [1.82, 2.24) is 20.6 Å². The van der Waals surface area contributed by atoms with Crippen LogP contribution < -0.4 is 14.8 Å². The molecule has 0 bridgehead atoms. The van der Waals surface area contributed by atoms with Gasteiger partial charge in [0.15, 0.2) is 17.3 Å². The van der Waals surface area contributed by atoms with Crippen LogP contribution >= 0.6 is 0 Å². The van der Waals surface area contributed by atoms with Gasteiger partial charge in [0.2, 0.25) is 5.91 Å². The monoisotopic (exact) mass is 371 g/mol. The van der Waals surface area contributed by atoms with Crippen LogP contribution in [0.2, 0.25) is 0 Å². The smallest absolute Gasteiger partial charge is 0.235 e. The third kappa shape index (κ3) is 4.38. The molecule has 1 heterocycles. The lowest BCUT2D eigenvalue weighted by Gasteiger charge is -2.15. The zero-order chi connectivity index (χ0) is 19.2. The van der Waals surface area contributed by atoms with Gasteiger partial charge in [0.25, 0.3) is 0 Å². The average Bonchev–Trinajstić information content (AvgIpc) is 3.21. The van der Waals surface area contributed by atoms with E-state index >= 15 is 0 Å². The first-order chi connectivity index (χ1) is 13.1. The predicted octanol–water partition coefficient (Wildman–Crippen LogP) is 2.32. The van der Waals surface area contributed by atoms with E-state index in [4.69, 9.17) is 9.47 Å². The molecule has 9 heteroatoms. The molecule has 2 N–H and O–H groups in total. The van der Waals surface area contributed by atoms with Gasteiger partial charge in [0, 0.05) is 11.8 Å². The maximum Gasteiger partial charge on any atom is 0.235 e. The Kier molecular flexibility index (Phi) is 5.60. The molecule has 3 aromatic rings. The predicted molar refractivity (Wildman–Crippen MR) is 95.2 cm³/mol. The Morgan fingerprint density at radius 3 is 2.52 bits per heavy atom. The number of ether oxygens (including phenoxy) is 2. The van der Waals surface area contributed by atoms with E-state index in [1.807, 2.05) is 0 Å². The van der Waals surface area contributed by atoms with Crippen LogP contribution in [0.15, 0.2) is 42.5 Å². The molecule has 0 aliphatic carbocycles. The van der Waals surface area contributed by atoms with Crippen LogP contribution in [0.4, 0.5) is 10.1 Å². The van der Waals surface area contributed by atoms with Crippen molar-refractivity contribution in [3.05, 3.63) is 59.7 Å². The number of benzene rings is 2. The number of aromatic nitrogens is 4. The van der Waals surface area contributed by atoms with Gasteiger partial charge in [0.05, 0.1) is 14.2 Å². The first-order valence-corrected chi connectivity index (χ1v) is 8.11. The highest BCUT2D eigenvalue weighted by Crippen LogP contribution is 2.30. The first-order valence-electron chi connectivity index (χ1n) is 8.11. The van der Waals surface area contributed by atoms with Gasteiger partial charge >= 0.3 is 0 Å². The molecule has 1 unspecified atom stereocenters. The van der Waals surface area contributed by atoms with E-state index in [1.165, 1.54) is 26.4 Å². The summed E-state index contributed by atoms with van der Waals surface area (Å²) < 4.78 is 23.6. The molecule has 0 radical (unpaired) electrons. The molecule has 0 fully saturated rings. The number of rotatable bonds is 7. The van der Waals surface area contributed by atoms with Crippen LogP contribution in [-0.2, 0) is 11.2 Å². The van der Waals surface area contributed by atoms with Crippen LogP contribution in [0.5, 0.6) is 11.5 Å². The number of halogens is 1. The van der Waals surface area contributed by atoms with E-state index in [0.717, 1.165) is 5.56 Å². The van der Waals surface area contributed by atoms with Gasteiger partial charge in [-0.3, -0.25) is 4.79 Å². The Morgan fingerprint density at radius 2 is 1.89 bits per heavy atom. The van der Waals surface area contributed by atoms with Gasteiger partial charge in [-0.25, -0.2) is 4.39 Å². The lowest BCUT2D eigenvalue weighted by molar-refractivity contribution is -0.117. The Hall–Kier alpha value is -3.49. The fraction of sp³-hybridized carbons (Fsp3) is 0.222. The minimum atomic E-state index is -0.706. The third-order valence-electron chi connectivity index (χ3n) is 3.99. The minimum absolute atomic E-state index is 0.248. The average molecular weight is 371 g/mol. The van der Waals surface area contributed by atoms with Crippen molar-refractivity contribution in [2.75, 3.05) is 19.5 Å². The van der Waals surface area contributed by atoms with Crippen molar-refractivity contribution in [2.45, 2.75) is 12.3 Å². The van der Waals surface area contributed by atoms with Gasteiger partial charge in [-0.15, -0.1) is 10.2 Å². The molecule has 1 atom stereocenters. The summed E-state index contributed by atoms with van der Waals surface area (Å²) in [5.41, 5.74) is 1.30. The number of anilines is 1. The third-order valence-corrected chi connectivity index (χ3v) is 3.99. The summed E-state index contributed by atoms with van der Waals surface area (Å²) in [6.07, 6.45) is 0.291. The highest BCUT2D eigenvalue weighted by molar-refractivity contribution is 5.95. The molecule has 1 aromatic heterocycles. The highest BCUT2D eigenvalue weighted by Gasteiger charge is 2.25. The summed E-state index contributed by atoms with van der Waals surface area (Å²) in [4.78, 5) is 12.9. The number of hydrogen-bond acceptors (Lipinski definition) is 6. The molecule has 0 saturated heterocycles. The largest absolute Gasteiger partial charge is 0.493 e. The number of nitrogens with zero attached hydrogens (tertiary/aromatic N) is 3. The van der Waals surface area contributed by atoms with Gasteiger partial charge in [-0.05, 0) is 36.2 Å². The second-order valence-corrected chi connectivity index (χ2v) is 5.71. The summed E-state index contributed by atoms with van der Waals surface area (Å²) in [6.45, 7) is 0. The number of carbonyl (C=O) groups excluding carboxylic acids is 1. The molecule has 0 aliphatic rings. The van der Waals surface area contributed by atoms with E-state index in [0.29, 0.717) is 23.6 Å². The minimum Gasteiger partial charge on any atom is -0.493 e. The second-order valence-electron chi connectivity index (χ2n) is 5.71. The molecule has 3 rings (SSSR count). The maximum atomic E-state index is 13.1. The number of H-pyrrole nitrogens is 1. The molecule has 0 saturated carbocycles. The molecule has 140 valence electrons. The zero-order valence-corrected chi connectivity index (χ0v) is 14.8.